The predicted molar refractivity (Wildman–Crippen MR) is 74.1 cm³/mol. The number of carboxylic acids is 1. The molecule has 0 aliphatic rings. The number of hydrogen-bond acceptors (Lipinski definition) is 5. The topological polar surface area (TPSA) is 114 Å². The second-order valence-corrected chi connectivity index (χ2v) is 4.67. The lowest BCUT2D eigenvalue weighted by Gasteiger charge is -2.27. The third-order valence-electron chi connectivity index (χ3n) is 3.20. The number of aromatic nitrogens is 1. The molecule has 114 valence electrons. The van der Waals surface area contributed by atoms with E-state index < -0.39 is 23.3 Å². The summed E-state index contributed by atoms with van der Waals surface area (Å²) < 4.78 is 0. The van der Waals surface area contributed by atoms with Crippen molar-refractivity contribution in [3.63, 3.8) is 0 Å². The van der Waals surface area contributed by atoms with E-state index in [2.05, 4.69) is 4.98 Å². The third kappa shape index (κ3) is 3.98. The van der Waals surface area contributed by atoms with Crippen molar-refractivity contribution in [3.8, 4) is 0 Å². The first kappa shape index (κ1) is 16.5. The molecule has 1 rings (SSSR count). The van der Waals surface area contributed by atoms with E-state index in [0.717, 1.165) is 12.3 Å². The van der Waals surface area contributed by atoms with Crippen LogP contribution in [0.15, 0.2) is 12.3 Å². The molecule has 0 saturated heterocycles. The molecule has 1 aromatic rings. The zero-order valence-corrected chi connectivity index (χ0v) is 12.1. The second-order valence-electron chi connectivity index (χ2n) is 4.67. The van der Waals surface area contributed by atoms with Crippen LogP contribution in [0.2, 0.25) is 0 Å². The van der Waals surface area contributed by atoms with Gasteiger partial charge in [-0.05, 0) is 20.3 Å². The number of amides is 1. The summed E-state index contributed by atoms with van der Waals surface area (Å²) >= 11 is 0. The van der Waals surface area contributed by atoms with Crippen LogP contribution in [0.4, 0.5) is 5.69 Å². The third-order valence-corrected chi connectivity index (χ3v) is 3.20. The van der Waals surface area contributed by atoms with Gasteiger partial charge in [0.1, 0.15) is 12.7 Å². The highest BCUT2D eigenvalue weighted by atomic mass is 16.6. The van der Waals surface area contributed by atoms with Crippen LogP contribution >= 0.6 is 0 Å². The van der Waals surface area contributed by atoms with Crippen LogP contribution in [0, 0.1) is 17.0 Å². The van der Waals surface area contributed by atoms with Gasteiger partial charge in [-0.25, -0.2) is 0 Å². The molecular formula is C13H17N3O5. The van der Waals surface area contributed by atoms with E-state index in [1.807, 2.05) is 6.92 Å². The van der Waals surface area contributed by atoms with Gasteiger partial charge in [0.15, 0.2) is 0 Å². The van der Waals surface area contributed by atoms with E-state index in [9.17, 15) is 19.7 Å². The average Bonchev–Trinajstić information content (AvgIpc) is 2.43. The maximum absolute atomic E-state index is 12.5. The molecule has 0 aliphatic heterocycles. The Hall–Kier alpha value is -2.51. The van der Waals surface area contributed by atoms with Crippen LogP contribution in [0.25, 0.3) is 0 Å². The van der Waals surface area contributed by atoms with Gasteiger partial charge in [-0.15, -0.1) is 0 Å². The molecule has 0 radical (unpaired) electrons. The number of carbonyl (C=O) groups excluding carboxylic acids is 1. The largest absolute Gasteiger partial charge is 0.480 e. The van der Waals surface area contributed by atoms with Crippen molar-refractivity contribution < 1.29 is 19.6 Å². The van der Waals surface area contributed by atoms with Crippen LogP contribution in [0.5, 0.6) is 0 Å². The van der Waals surface area contributed by atoms with Crippen LogP contribution < -0.4 is 0 Å². The van der Waals surface area contributed by atoms with Gasteiger partial charge in [0, 0.05) is 12.1 Å². The Morgan fingerprint density at radius 3 is 2.62 bits per heavy atom. The lowest BCUT2D eigenvalue weighted by molar-refractivity contribution is -0.385. The first-order chi connectivity index (χ1) is 9.77. The lowest BCUT2D eigenvalue weighted by Crippen LogP contribution is -2.42. The molecule has 0 spiro atoms. The molecule has 1 heterocycles. The van der Waals surface area contributed by atoms with Crippen molar-refractivity contribution in [2.75, 3.05) is 6.54 Å². The summed E-state index contributed by atoms with van der Waals surface area (Å²) in [6.45, 7) is 4.63. The molecule has 0 fully saturated rings. The van der Waals surface area contributed by atoms with Gasteiger partial charge >= 0.3 is 5.97 Å². The van der Waals surface area contributed by atoms with Crippen molar-refractivity contribution >= 4 is 17.6 Å². The number of rotatable bonds is 6. The molecular weight excluding hydrogens is 278 g/mol. The maximum Gasteiger partial charge on any atom is 0.323 e. The molecule has 1 atom stereocenters. The van der Waals surface area contributed by atoms with Crippen molar-refractivity contribution in [3.05, 3.63) is 33.6 Å². The lowest BCUT2D eigenvalue weighted by atomic mass is 10.1. The predicted octanol–water partition coefficient (Wildman–Crippen LogP) is 1.62. The van der Waals surface area contributed by atoms with Crippen molar-refractivity contribution in [1.29, 1.82) is 0 Å². The first-order valence-corrected chi connectivity index (χ1v) is 6.41. The molecule has 0 saturated carbocycles. The Kier molecular flexibility index (Phi) is 5.34. The second kappa shape index (κ2) is 6.78. The summed E-state index contributed by atoms with van der Waals surface area (Å²) in [5, 5.41) is 19.7. The summed E-state index contributed by atoms with van der Waals surface area (Å²) in [4.78, 5) is 38.5. The van der Waals surface area contributed by atoms with Gasteiger partial charge in [-0.1, -0.05) is 6.92 Å². The van der Waals surface area contributed by atoms with Gasteiger partial charge in [0.2, 0.25) is 0 Å². The fourth-order valence-electron chi connectivity index (χ4n) is 1.79. The number of carbonyl (C=O) groups is 2. The molecule has 0 aromatic carbocycles. The molecule has 1 N–H and O–H groups in total. The molecule has 8 nitrogen and oxygen atoms in total. The Bertz CT molecular complexity index is 573. The zero-order valence-electron chi connectivity index (χ0n) is 12.1. The fourth-order valence-corrected chi connectivity index (χ4v) is 1.79. The van der Waals surface area contributed by atoms with Crippen molar-refractivity contribution in [2.24, 2.45) is 0 Å². The van der Waals surface area contributed by atoms with E-state index >= 15 is 0 Å². The smallest absolute Gasteiger partial charge is 0.323 e. The molecule has 8 heteroatoms. The average molecular weight is 295 g/mol. The summed E-state index contributed by atoms with van der Waals surface area (Å²) in [6.07, 6.45) is 1.64. The highest BCUT2D eigenvalue weighted by Crippen LogP contribution is 2.18. The van der Waals surface area contributed by atoms with Gasteiger partial charge in [0.05, 0.1) is 16.2 Å². The normalized spacial score (nSPS) is 11.8. The monoisotopic (exact) mass is 295 g/mol. The molecule has 1 aromatic heterocycles. The van der Waals surface area contributed by atoms with Gasteiger partial charge in [0.25, 0.3) is 11.6 Å². The Balaban J connectivity index is 3.22. The van der Waals surface area contributed by atoms with E-state index in [-0.39, 0.29) is 17.3 Å². The summed E-state index contributed by atoms with van der Waals surface area (Å²) in [7, 11) is 0. The molecule has 0 aliphatic carbocycles. The standard InChI is InChI=1S/C13H17N3O5/c1-4-8(2)15(7-12(17)18)13(19)11-5-10(16(20)21)6-14-9(11)3/h5-6,8H,4,7H2,1-3H3,(H,17,18). The van der Waals surface area contributed by atoms with Crippen LogP contribution in [-0.4, -0.2) is 44.4 Å². The quantitative estimate of drug-likeness (QED) is 0.630. The number of nitro groups is 1. The minimum absolute atomic E-state index is 0.0470. The summed E-state index contributed by atoms with van der Waals surface area (Å²) in [5.41, 5.74) is 0.0680. The summed E-state index contributed by atoms with van der Waals surface area (Å²) in [6, 6.07) is 0.828. The van der Waals surface area contributed by atoms with Crippen LogP contribution in [0.3, 0.4) is 0 Å². The number of hydrogen-bond donors (Lipinski definition) is 1. The first-order valence-electron chi connectivity index (χ1n) is 6.41. The van der Waals surface area contributed by atoms with Crippen molar-refractivity contribution in [1.82, 2.24) is 9.88 Å². The minimum Gasteiger partial charge on any atom is -0.480 e. The van der Waals surface area contributed by atoms with Gasteiger partial charge in [-0.3, -0.25) is 24.7 Å². The van der Waals surface area contributed by atoms with Gasteiger partial charge in [-0.2, -0.15) is 0 Å². The fraction of sp³-hybridized carbons (Fsp3) is 0.462. The molecule has 0 bridgehead atoms. The van der Waals surface area contributed by atoms with Crippen LogP contribution in [-0.2, 0) is 4.79 Å². The number of nitrogens with zero attached hydrogens (tertiary/aromatic N) is 3. The van der Waals surface area contributed by atoms with Crippen molar-refractivity contribution in [2.45, 2.75) is 33.2 Å². The Labute approximate surface area is 121 Å². The number of carboxylic acid groups (broad SMARTS) is 1. The summed E-state index contributed by atoms with van der Waals surface area (Å²) in [5.74, 6) is -1.71. The molecule has 1 amide bonds. The van der Waals surface area contributed by atoms with E-state index in [1.165, 1.54) is 4.90 Å². The van der Waals surface area contributed by atoms with E-state index in [1.54, 1.807) is 13.8 Å². The molecule has 1 unspecified atom stereocenters. The maximum atomic E-state index is 12.5. The van der Waals surface area contributed by atoms with E-state index in [4.69, 9.17) is 5.11 Å². The zero-order chi connectivity index (χ0) is 16.2. The number of aryl methyl sites for hydroxylation is 1. The molecule has 21 heavy (non-hydrogen) atoms. The highest BCUT2D eigenvalue weighted by Gasteiger charge is 2.26. The van der Waals surface area contributed by atoms with E-state index in [0.29, 0.717) is 12.1 Å². The highest BCUT2D eigenvalue weighted by molar-refractivity contribution is 5.97. The Morgan fingerprint density at radius 1 is 1.52 bits per heavy atom. The number of pyridine rings is 1. The van der Waals surface area contributed by atoms with Crippen LogP contribution in [0.1, 0.15) is 36.3 Å². The SMILES string of the molecule is CCC(C)N(CC(=O)O)C(=O)c1cc([N+](=O)[O-])cnc1C. The van der Waals surface area contributed by atoms with Gasteiger partial charge < -0.3 is 10.0 Å². The number of aliphatic carboxylic acids is 1. The Morgan fingerprint density at radius 2 is 2.14 bits per heavy atom. The minimum atomic E-state index is -1.14.